The quantitative estimate of drug-likeness (QED) is 0.597. The number of fused-ring (bicyclic) bond motifs is 5. The number of carbonyl (C=O) groups excluding carboxylic acids is 2. The highest BCUT2D eigenvalue weighted by molar-refractivity contribution is 5.91. The highest BCUT2D eigenvalue weighted by Gasteiger charge is 2.62. The van der Waals surface area contributed by atoms with E-state index < -0.39 is 0 Å². The molecule has 0 spiro atoms. The van der Waals surface area contributed by atoms with Gasteiger partial charge in [0.15, 0.2) is 5.78 Å². The second-order valence-corrected chi connectivity index (χ2v) is 10.7. The van der Waals surface area contributed by atoms with Crippen molar-refractivity contribution in [2.75, 3.05) is 7.11 Å². The minimum absolute atomic E-state index is 0.0120. The summed E-state index contributed by atoms with van der Waals surface area (Å²) in [6, 6.07) is 9.35. The van der Waals surface area contributed by atoms with E-state index >= 15 is 0 Å². The smallest absolute Gasteiger partial charge is 0.338 e. The molecule has 5 rings (SSSR count). The van der Waals surface area contributed by atoms with Crippen molar-refractivity contribution in [3.8, 4) is 0 Å². The van der Waals surface area contributed by atoms with Crippen LogP contribution in [-0.4, -0.2) is 25.0 Å². The molecule has 0 radical (unpaired) electrons. The van der Waals surface area contributed by atoms with Crippen LogP contribution in [0.4, 0.5) is 0 Å². The van der Waals surface area contributed by atoms with Crippen molar-refractivity contribution < 1.29 is 19.1 Å². The van der Waals surface area contributed by atoms with Crippen LogP contribution < -0.4 is 0 Å². The minimum atomic E-state index is -0.194. The standard InChI is InChI=1S/C27H34O4/c1-26-14-13-22-20(10-9-18-15-19(28)16-24(30-3)27(18,22)2)21(26)11-12-23(26)31-25(29)17-7-5-4-6-8-17/h4-8,16,18,20-23H,9-15H2,1-3H3/t18-,20-,21-,22-,23-,26-,27-/m0/s1. The Hall–Kier alpha value is -2.10. The summed E-state index contributed by atoms with van der Waals surface area (Å²) >= 11 is 0. The molecule has 31 heavy (non-hydrogen) atoms. The summed E-state index contributed by atoms with van der Waals surface area (Å²) in [6.45, 7) is 4.70. The molecule has 0 heterocycles. The van der Waals surface area contributed by atoms with Crippen molar-refractivity contribution >= 4 is 11.8 Å². The lowest BCUT2D eigenvalue weighted by molar-refractivity contribution is -0.131. The fraction of sp³-hybridized carbons (Fsp3) is 0.630. The Kier molecular flexibility index (Phi) is 5.02. The second-order valence-electron chi connectivity index (χ2n) is 10.7. The van der Waals surface area contributed by atoms with Gasteiger partial charge in [-0.1, -0.05) is 32.0 Å². The van der Waals surface area contributed by atoms with Gasteiger partial charge in [-0.15, -0.1) is 0 Å². The zero-order valence-electron chi connectivity index (χ0n) is 18.9. The highest BCUT2D eigenvalue weighted by atomic mass is 16.5. The molecule has 0 amide bonds. The Morgan fingerprint density at radius 1 is 1.00 bits per heavy atom. The summed E-state index contributed by atoms with van der Waals surface area (Å²) in [4.78, 5) is 25.1. The van der Waals surface area contributed by atoms with Gasteiger partial charge in [0.25, 0.3) is 0 Å². The molecular formula is C27H34O4. The van der Waals surface area contributed by atoms with Crippen LogP contribution >= 0.6 is 0 Å². The van der Waals surface area contributed by atoms with Gasteiger partial charge in [-0.2, -0.15) is 0 Å². The van der Waals surface area contributed by atoms with E-state index in [4.69, 9.17) is 9.47 Å². The molecule has 3 fully saturated rings. The van der Waals surface area contributed by atoms with Crippen LogP contribution in [0.25, 0.3) is 0 Å². The first kappa shape index (κ1) is 20.8. The number of carbonyl (C=O) groups is 2. The van der Waals surface area contributed by atoms with Gasteiger partial charge in [0, 0.05) is 23.3 Å². The van der Waals surface area contributed by atoms with Crippen LogP contribution in [0.3, 0.4) is 0 Å². The number of rotatable bonds is 3. The van der Waals surface area contributed by atoms with Crippen molar-refractivity contribution in [3.63, 3.8) is 0 Å². The molecule has 0 aromatic heterocycles. The molecule has 4 nitrogen and oxygen atoms in total. The molecule has 166 valence electrons. The van der Waals surface area contributed by atoms with E-state index in [1.54, 1.807) is 13.2 Å². The fourth-order valence-corrected chi connectivity index (χ4v) is 7.93. The number of hydrogen-bond acceptors (Lipinski definition) is 4. The van der Waals surface area contributed by atoms with Crippen molar-refractivity contribution in [1.29, 1.82) is 0 Å². The van der Waals surface area contributed by atoms with Crippen LogP contribution in [0, 0.1) is 34.5 Å². The van der Waals surface area contributed by atoms with Crippen LogP contribution in [0.5, 0.6) is 0 Å². The van der Waals surface area contributed by atoms with Gasteiger partial charge in [-0.05, 0) is 74.3 Å². The van der Waals surface area contributed by atoms with Gasteiger partial charge >= 0.3 is 5.97 Å². The molecule has 1 aromatic rings. The topological polar surface area (TPSA) is 52.6 Å². The Balaban J connectivity index is 1.39. The van der Waals surface area contributed by atoms with Crippen molar-refractivity contribution in [2.45, 2.75) is 64.9 Å². The van der Waals surface area contributed by atoms with E-state index in [0.717, 1.165) is 37.9 Å². The van der Waals surface area contributed by atoms with E-state index in [-0.39, 0.29) is 28.7 Å². The first-order valence-electron chi connectivity index (χ1n) is 11.9. The van der Waals surface area contributed by atoms with Gasteiger partial charge in [0.2, 0.25) is 0 Å². The summed E-state index contributed by atoms with van der Waals surface area (Å²) in [5, 5.41) is 0. The molecular weight excluding hydrogens is 388 g/mol. The molecule has 1 aromatic carbocycles. The molecule has 4 aliphatic rings. The van der Waals surface area contributed by atoms with Gasteiger partial charge in [-0.25, -0.2) is 4.79 Å². The predicted octanol–water partition coefficient (Wildman–Crippen LogP) is 5.57. The number of allylic oxidation sites excluding steroid dienone is 2. The number of esters is 1. The molecule has 0 unspecified atom stereocenters. The van der Waals surface area contributed by atoms with Crippen LogP contribution in [0.15, 0.2) is 42.2 Å². The van der Waals surface area contributed by atoms with E-state index in [2.05, 4.69) is 13.8 Å². The van der Waals surface area contributed by atoms with Crippen molar-refractivity contribution in [1.82, 2.24) is 0 Å². The zero-order valence-corrected chi connectivity index (χ0v) is 18.9. The molecule has 4 aliphatic carbocycles. The lowest BCUT2D eigenvalue weighted by Crippen LogP contribution is -2.55. The van der Waals surface area contributed by atoms with Crippen LogP contribution in [-0.2, 0) is 14.3 Å². The SMILES string of the molecule is COC1=CC(=O)C[C@@H]2CC[C@H]3[C@@H]4CC[C@H](OC(=O)c5ccccc5)[C@@]4(C)CC[C@@H]3[C@@]12C. The van der Waals surface area contributed by atoms with Crippen LogP contribution in [0.1, 0.15) is 69.2 Å². The lowest BCUT2D eigenvalue weighted by atomic mass is 9.46. The normalized spacial score (nSPS) is 41.5. The molecule has 0 N–H and O–H groups in total. The number of ether oxygens (including phenoxy) is 2. The number of ketones is 1. The zero-order chi connectivity index (χ0) is 21.8. The maximum absolute atomic E-state index is 12.8. The molecule has 0 bridgehead atoms. The third-order valence-electron chi connectivity index (χ3n) is 9.57. The van der Waals surface area contributed by atoms with Crippen molar-refractivity contribution in [2.24, 2.45) is 34.5 Å². The fourth-order valence-electron chi connectivity index (χ4n) is 7.93. The monoisotopic (exact) mass is 422 g/mol. The first-order valence-corrected chi connectivity index (χ1v) is 11.9. The first-order chi connectivity index (χ1) is 14.9. The van der Waals surface area contributed by atoms with Gasteiger partial charge in [0.05, 0.1) is 12.7 Å². The van der Waals surface area contributed by atoms with Gasteiger partial charge in [-0.3, -0.25) is 4.79 Å². The Morgan fingerprint density at radius 2 is 1.77 bits per heavy atom. The van der Waals surface area contributed by atoms with E-state index in [1.807, 2.05) is 30.3 Å². The van der Waals surface area contributed by atoms with E-state index in [1.165, 1.54) is 6.42 Å². The third-order valence-corrected chi connectivity index (χ3v) is 9.57. The number of benzene rings is 1. The Labute approximate surface area is 185 Å². The molecule has 0 saturated heterocycles. The predicted molar refractivity (Wildman–Crippen MR) is 118 cm³/mol. The molecule has 0 aliphatic heterocycles. The number of hydrogen-bond donors (Lipinski definition) is 0. The lowest BCUT2D eigenvalue weighted by Gasteiger charge is -2.59. The van der Waals surface area contributed by atoms with Gasteiger partial charge in [0.1, 0.15) is 11.9 Å². The summed E-state index contributed by atoms with van der Waals surface area (Å²) in [5.41, 5.74) is 0.625. The summed E-state index contributed by atoms with van der Waals surface area (Å²) in [6.07, 6.45) is 8.93. The van der Waals surface area contributed by atoms with E-state index in [9.17, 15) is 9.59 Å². The minimum Gasteiger partial charge on any atom is -0.500 e. The maximum Gasteiger partial charge on any atom is 0.338 e. The molecule has 7 atom stereocenters. The molecule has 3 saturated carbocycles. The summed E-state index contributed by atoms with van der Waals surface area (Å²) < 4.78 is 11.9. The van der Waals surface area contributed by atoms with Gasteiger partial charge < -0.3 is 9.47 Å². The maximum atomic E-state index is 12.8. The average molecular weight is 423 g/mol. The van der Waals surface area contributed by atoms with E-state index in [0.29, 0.717) is 35.7 Å². The highest BCUT2D eigenvalue weighted by Crippen LogP contribution is 2.66. The second kappa shape index (κ2) is 7.50. The average Bonchev–Trinajstić information content (AvgIpc) is 3.10. The summed E-state index contributed by atoms with van der Waals surface area (Å²) in [5.74, 6) is 3.01. The number of methoxy groups -OCH3 is 1. The van der Waals surface area contributed by atoms with Crippen molar-refractivity contribution in [3.05, 3.63) is 47.7 Å². The third kappa shape index (κ3) is 3.08. The molecule has 4 heteroatoms. The largest absolute Gasteiger partial charge is 0.500 e. The van der Waals surface area contributed by atoms with Crippen LogP contribution in [0.2, 0.25) is 0 Å². The Bertz CT molecular complexity index is 905. The summed E-state index contributed by atoms with van der Waals surface area (Å²) in [7, 11) is 1.72. The Morgan fingerprint density at radius 3 is 2.52 bits per heavy atom.